The van der Waals surface area contributed by atoms with Crippen molar-refractivity contribution in [3.05, 3.63) is 60.8 Å². The predicted molar refractivity (Wildman–Crippen MR) is 125 cm³/mol. The standard InChI is InChI=1S/C26H40O4/c1-2-3-4-5-6-7-8-9-10-11-12-13-14-15-16-17-18-19-20-21-24-30-26(29)23-22-25(27)28/h6-7,9-10,12-13,15-16,18-19H,2-5,8,11,14,17,20-24H2,1H3,(H,27,28)/b7-6-,10-9-,13-12-,16-15-,19-18-. The summed E-state index contributed by atoms with van der Waals surface area (Å²) in [6.45, 7) is 2.57. The summed E-state index contributed by atoms with van der Waals surface area (Å²) in [7, 11) is 0. The van der Waals surface area contributed by atoms with Crippen LogP contribution in [0.3, 0.4) is 0 Å². The van der Waals surface area contributed by atoms with E-state index in [0.717, 1.165) is 38.5 Å². The Kier molecular flexibility index (Phi) is 21.1. The van der Waals surface area contributed by atoms with Crippen molar-refractivity contribution in [3.63, 3.8) is 0 Å². The van der Waals surface area contributed by atoms with Gasteiger partial charge in [-0.3, -0.25) is 9.59 Å². The Hall–Kier alpha value is -2.36. The van der Waals surface area contributed by atoms with Crippen molar-refractivity contribution in [3.8, 4) is 0 Å². The topological polar surface area (TPSA) is 63.6 Å². The molecule has 0 aromatic heterocycles. The highest BCUT2D eigenvalue weighted by Crippen LogP contribution is 2.01. The number of unbranched alkanes of at least 4 members (excludes halogenated alkanes) is 4. The number of carboxylic acids is 1. The van der Waals surface area contributed by atoms with Gasteiger partial charge in [-0.2, -0.15) is 0 Å². The SMILES string of the molecule is CCCCC/C=C\C/C=C\C/C=C\C/C=C\C/C=C\CCCOC(=O)CCC(=O)O. The van der Waals surface area contributed by atoms with Crippen LogP contribution >= 0.6 is 0 Å². The lowest BCUT2D eigenvalue weighted by molar-refractivity contribution is -0.147. The number of aliphatic carboxylic acids is 1. The van der Waals surface area contributed by atoms with Crippen LogP contribution in [0.2, 0.25) is 0 Å². The summed E-state index contributed by atoms with van der Waals surface area (Å²) >= 11 is 0. The molecule has 168 valence electrons. The maximum Gasteiger partial charge on any atom is 0.306 e. The molecular formula is C26H40O4. The lowest BCUT2D eigenvalue weighted by Gasteiger charge is -2.01. The van der Waals surface area contributed by atoms with Crippen molar-refractivity contribution in [2.75, 3.05) is 6.61 Å². The lowest BCUT2D eigenvalue weighted by atomic mass is 10.2. The number of carbonyl (C=O) groups excluding carboxylic acids is 1. The van der Waals surface area contributed by atoms with E-state index in [0.29, 0.717) is 6.61 Å². The van der Waals surface area contributed by atoms with Gasteiger partial charge in [-0.05, 0) is 51.4 Å². The second kappa shape index (κ2) is 22.9. The van der Waals surface area contributed by atoms with Gasteiger partial charge in [0.25, 0.3) is 0 Å². The van der Waals surface area contributed by atoms with E-state index in [1.54, 1.807) is 0 Å². The molecule has 0 spiro atoms. The van der Waals surface area contributed by atoms with E-state index in [1.165, 1.54) is 25.7 Å². The van der Waals surface area contributed by atoms with Crippen LogP contribution in [0.4, 0.5) is 0 Å². The van der Waals surface area contributed by atoms with Crippen LogP contribution in [0.25, 0.3) is 0 Å². The summed E-state index contributed by atoms with van der Waals surface area (Å²) in [5.41, 5.74) is 0. The molecule has 1 N–H and O–H groups in total. The van der Waals surface area contributed by atoms with Gasteiger partial charge < -0.3 is 9.84 Å². The van der Waals surface area contributed by atoms with Gasteiger partial charge in [0.2, 0.25) is 0 Å². The molecule has 0 saturated heterocycles. The van der Waals surface area contributed by atoms with Crippen LogP contribution in [0.5, 0.6) is 0 Å². The number of rotatable bonds is 19. The third-order valence-corrected chi connectivity index (χ3v) is 4.22. The molecule has 0 aliphatic carbocycles. The van der Waals surface area contributed by atoms with Crippen molar-refractivity contribution in [2.45, 2.75) is 84.0 Å². The fraction of sp³-hybridized carbons (Fsp3) is 0.538. The molecule has 0 bridgehead atoms. The van der Waals surface area contributed by atoms with E-state index in [-0.39, 0.29) is 12.8 Å². The molecule has 4 nitrogen and oxygen atoms in total. The number of esters is 1. The van der Waals surface area contributed by atoms with Crippen molar-refractivity contribution in [2.24, 2.45) is 0 Å². The summed E-state index contributed by atoms with van der Waals surface area (Å²) in [5, 5.41) is 8.48. The first kappa shape index (κ1) is 27.6. The largest absolute Gasteiger partial charge is 0.481 e. The summed E-state index contributed by atoms with van der Waals surface area (Å²) in [4.78, 5) is 21.6. The molecule has 0 atom stereocenters. The molecule has 0 amide bonds. The number of hydrogen-bond acceptors (Lipinski definition) is 3. The Balaban J connectivity index is 3.50. The Bertz CT molecular complexity index is 568. The summed E-state index contributed by atoms with van der Waals surface area (Å²) < 4.78 is 4.96. The van der Waals surface area contributed by atoms with Crippen LogP contribution in [0.1, 0.15) is 84.0 Å². The molecule has 4 heteroatoms. The molecule has 0 aliphatic rings. The van der Waals surface area contributed by atoms with Crippen LogP contribution in [-0.4, -0.2) is 23.7 Å². The average molecular weight is 417 g/mol. The molecule has 0 saturated carbocycles. The maximum absolute atomic E-state index is 11.2. The number of allylic oxidation sites excluding steroid dienone is 10. The highest BCUT2D eigenvalue weighted by Gasteiger charge is 2.05. The van der Waals surface area contributed by atoms with E-state index in [1.807, 2.05) is 0 Å². The Labute approximate surface area is 183 Å². The van der Waals surface area contributed by atoms with E-state index in [4.69, 9.17) is 9.84 Å². The van der Waals surface area contributed by atoms with Crippen molar-refractivity contribution in [1.29, 1.82) is 0 Å². The summed E-state index contributed by atoms with van der Waals surface area (Å²) in [6, 6.07) is 0. The van der Waals surface area contributed by atoms with Gasteiger partial charge in [-0.15, -0.1) is 0 Å². The fourth-order valence-electron chi connectivity index (χ4n) is 2.50. The Morgan fingerprint density at radius 1 is 0.667 bits per heavy atom. The van der Waals surface area contributed by atoms with Crippen LogP contribution in [0, 0.1) is 0 Å². The third kappa shape index (κ3) is 23.7. The average Bonchev–Trinajstić information content (AvgIpc) is 2.73. The van der Waals surface area contributed by atoms with E-state index < -0.39 is 11.9 Å². The number of carbonyl (C=O) groups is 2. The normalized spacial score (nSPS) is 12.3. The third-order valence-electron chi connectivity index (χ3n) is 4.22. The molecule has 0 aromatic rings. The van der Waals surface area contributed by atoms with E-state index in [9.17, 15) is 9.59 Å². The molecule has 0 radical (unpaired) electrons. The minimum atomic E-state index is -0.980. The fourth-order valence-corrected chi connectivity index (χ4v) is 2.50. The van der Waals surface area contributed by atoms with Crippen molar-refractivity contribution >= 4 is 11.9 Å². The van der Waals surface area contributed by atoms with Crippen LogP contribution < -0.4 is 0 Å². The number of ether oxygens (including phenoxy) is 1. The molecule has 0 heterocycles. The molecule has 0 aromatic carbocycles. The van der Waals surface area contributed by atoms with Crippen molar-refractivity contribution in [1.82, 2.24) is 0 Å². The second-order valence-electron chi connectivity index (χ2n) is 7.05. The molecule has 0 fully saturated rings. The minimum absolute atomic E-state index is 0.0583. The van der Waals surface area contributed by atoms with Gasteiger partial charge in [-0.25, -0.2) is 0 Å². The highest BCUT2D eigenvalue weighted by atomic mass is 16.5. The quantitative estimate of drug-likeness (QED) is 0.139. The van der Waals surface area contributed by atoms with Crippen LogP contribution in [0.15, 0.2) is 60.8 Å². The first-order valence-corrected chi connectivity index (χ1v) is 11.3. The molecule has 0 rings (SSSR count). The zero-order valence-corrected chi connectivity index (χ0v) is 18.6. The number of hydrogen-bond donors (Lipinski definition) is 1. The van der Waals surface area contributed by atoms with Gasteiger partial charge >= 0.3 is 11.9 Å². The Morgan fingerprint density at radius 2 is 1.13 bits per heavy atom. The predicted octanol–water partition coefficient (Wildman–Crippen LogP) is 7.10. The minimum Gasteiger partial charge on any atom is -0.481 e. The van der Waals surface area contributed by atoms with E-state index >= 15 is 0 Å². The highest BCUT2D eigenvalue weighted by molar-refractivity contribution is 5.76. The van der Waals surface area contributed by atoms with Gasteiger partial charge in [0, 0.05) is 0 Å². The molecule has 0 unspecified atom stereocenters. The Morgan fingerprint density at radius 3 is 1.60 bits per heavy atom. The molecule has 30 heavy (non-hydrogen) atoms. The van der Waals surface area contributed by atoms with E-state index in [2.05, 4.69) is 67.7 Å². The van der Waals surface area contributed by atoms with Crippen molar-refractivity contribution < 1.29 is 19.4 Å². The van der Waals surface area contributed by atoms with Gasteiger partial charge in [0.15, 0.2) is 0 Å². The van der Waals surface area contributed by atoms with Crippen LogP contribution in [-0.2, 0) is 14.3 Å². The summed E-state index contributed by atoms with van der Waals surface area (Å²) in [5.74, 6) is -1.42. The molecule has 0 aliphatic heterocycles. The first-order chi connectivity index (χ1) is 14.7. The zero-order valence-electron chi connectivity index (χ0n) is 18.6. The van der Waals surface area contributed by atoms with Gasteiger partial charge in [0.1, 0.15) is 0 Å². The maximum atomic E-state index is 11.2. The smallest absolute Gasteiger partial charge is 0.306 e. The summed E-state index contributed by atoms with van der Waals surface area (Å²) in [6.07, 6.45) is 32.2. The second-order valence-corrected chi connectivity index (χ2v) is 7.05. The van der Waals surface area contributed by atoms with Gasteiger partial charge in [-0.1, -0.05) is 80.5 Å². The zero-order chi connectivity index (χ0) is 22.1. The molecular weight excluding hydrogens is 376 g/mol. The first-order valence-electron chi connectivity index (χ1n) is 11.3. The monoisotopic (exact) mass is 416 g/mol. The van der Waals surface area contributed by atoms with Gasteiger partial charge in [0.05, 0.1) is 19.4 Å². The number of carboxylic acid groups (broad SMARTS) is 1. The lowest BCUT2D eigenvalue weighted by Crippen LogP contribution is -2.08.